The lowest BCUT2D eigenvalue weighted by molar-refractivity contribution is 0.0946. The first-order chi connectivity index (χ1) is 10.0. The van der Waals surface area contributed by atoms with Crippen molar-refractivity contribution < 1.29 is 13.9 Å². The zero-order valence-electron chi connectivity index (χ0n) is 11.2. The highest BCUT2D eigenvalue weighted by Gasteiger charge is 2.14. The average Bonchev–Trinajstić information content (AvgIpc) is 2.47. The number of carbonyl (C=O) groups excluding carboxylic acids is 1. The van der Waals surface area contributed by atoms with Crippen LogP contribution < -0.4 is 10.1 Å². The second-order valence-corrected chi connectivity index (χ2v) is 5.19. The highest BCUT2D eigenvalue weighted by molar-refractivity contribution is 7.80. The monoisotopic (exact) mass is 325 g/mol. The van der Waals surface area contributed by atoms with Gasteiger partial charge in [0.05, 0.1) is 12.7 Å². The topological polar surface area (TPSA) is 38.3 Å². The van der Waals surface area contributed by atoms with Gasteiger partial charge in [0.15, 0.2) is 0 Å². The maximum atomic E-state index is 13.6. The van der Waals surface area contributed by atoms with E-state index in [4.69, 9.17) is 16.3 Å². The molecule has 6 heteroatoms. The fraction of sp³-hybridized carbons (Fsp3) is 0.133. The zero-order chi connectivity index (χ0) is 15.4. The van der Waals surface area contributed by atoms with Crippen molar-refractivity contribution >= 4 is 30.1 Å². The Balaban J connectivity index is 2.17. The largest absolute Gasteiger partial charge is 0.496 e. The first kappa shape index (κ1) is 15.7. The van der Waals surface area contributed by atoms with Crippen LogP contribution in [-0.2, 0) is 6.54 Å². The predicted molar refractivity (Wildman–Crippen MR) is 82.8 cm³/mol. The van der Waals surface area contributed by atoms with Gasteiger partial charge in [-0.1, -0.05) is 17.7 Å². The van der Waals surface area contributed by atoms with E-state index in [9.17, 15) is 9.18 Å². The lowest BCUT2D eigenvalue weighted by Crippen LogP contribution is -2.24. The summed E-state index contributed by atoms with van der Waals surface area (Å²) < 4.78 is 18.8. The van der Waals surface area contributed by atoms with Gasteiger partial charge in [-0.05, 0) is 30.3 Å². The third-order valence-corrected chi connectivity index (χ3v) is 3.55. The Hall–Kier alpha value is -1.72. The van der Waals surface area contributed by atoms with Crippen LogP contribution in [0.1, 0.15) is 15.9 Å². The number of methoxy groups -OCH3 is 1. The van der Waals surface area contributed by atoms with Gasteiger partial charge in [0.2, 0.25) is 0 Å². The van der Waals surface area contributed by atoms with Crippen LogP contribution in [-0.4, -0.2) is 13.0 Å². The molecular formula is C15H13ClFNO2S. The molecule has 0 aliphatic rings. The van der Waals surface area contributed by atoms with Gasteiger partial charge >= 0.3 is 0 Å². The summed E-state index contributed by atoms with van der Waals surface area (Å²) in [5, 5.41) is 3.09. The third kappa shape index (κ3) is 3.68. The molecule has 2 aromatic rings. The van der Waals surface area contributed by atoms with Gasteiger partial charge in [-0.3, -0.25) is 4.79 Å². The van der Waals surface area contributed by atoms with E-state index in [1.165, 1.54) is 25.3 Å². The van der Waals surface area contributed by atoms with Crippen LogP contribution in [0.3, 0.4) is 0 Å². The van der Waals surface area contributed by atoms with Crippen LogP contribution in [0.5, 0.6) is 5.75 Å². The second-order valence-electron chi connectivity index (χ2n) is 4.27. The van der Waals surface area contributed by atoms with Crippen LogP contribution in [0.25, 0.3) is 0 Å². The molecule has 1 N–H and O–H groups in total. The van der Waals surface area contributed by atoms with Gasteiger partial charge in [-0.15, -0.1) is 12.6 Å². The second kappa shape index (κ2) is 6.83. The van der Waals surface area contributed by atoms with Crippen molar-refractivity contribution in [3.8, 4) is 5.75 Å². The Morgan fingerprint density at radius 3 is 2.86 bits per heavy atom. The first-order valence-electron chi connectivity index (χ1n) is 6.11. The molecule has 0 radical (unpaired) electrons. The standard InChI is InChI=1S/C15H13ClFNO2S/c1-20-14-4-2-3-12(16)11(14)8-18-15(19)10-7-9(21)5-6-13(10)17/h2-7,21H,8H2,1H3,(H,18,19). The number of rotatable bonds is 4. The van der Waals surface area contributed by atoms with Crippen LogP contribution in [0.2, 0.25) is 5.02 Å². The number of benzene rings is 2. The molecule has 0 atom stereocenters. The molecule has 0 unspecified atom stereocenters. The number of amides is 1. The quantitative estimate of drug-likeness (QED) is 0.841. The summed E-state index contributed by atoms with van der Waals surface area (Å²) in [6.45, 7) is 0.137. The number of halogens is 2. The fourth-order valence-corrected chi connectivity index (χ4v) is 2.29. The molecule has 0 aliphatic carbocycles. The molecule has 0 saturated heterocycles. The molecule has 21 heavy (non-hydrogen) atoms. The van der Waals surface area contributed by atoms with Crippen LogP contribution in [0, 0.1) is 5.82 Å². The summed E-state index contributed by atoms with van der Waals surface area (Å²) in [6.07, 6.45) is 0. The minimum absolute atomic E-state index is 0.0616. The van der Waals surface area contributed by atoms with E-state index in [-0.39, 0.29) is 12.1 Å². The Kier molecular flexibility index (Phi) is 5.09. The Morgan fingerprint density at radius 2 is 2.14 bits per heavy atom. The van der Waals surface area contributed by atoms with Crippen LogP contribution in [0.4, 0.5) is 4.39 Å². The van der Waals surface area contributed by atoms with Crippen molar-refractivity contribution in [1.29, 1.82) is 0 Å². The summed E-state index contributed by atoms with van der Waals surface area (Å²) in [4.78, 5) is 12.5. The molecule has 0 aliphatic heterocycles. The molecule has 0 saturated carbocycles. The van der Waals surface area contributed by atoms with Gasteiger partial charge in [0.1, 0.15) is 11.6 Å². The molecular weight excluding hydrogens is 313 g/mol. The molecule has 2 rings (SSSR count). The predicted octanol–water partition coefficient (Wildman–Crippen LogP) is 3.71. The maximum absolute atomic E-state index is 13.6. The van der Waals surface area contributed by atoms with Crippen LogP contribution in [0.15, 0.2) is 41.3 Å². The Morgan fingerprint density at radius 1 is 1.38 bits per heavy atom. The van der Waals surface area contributed by atoms with Crippen molar-refractivity contribution in [3.05, 3.63) is 58.4 Å². The smallest absolute Gasteiger partial charge is 0.254 e. The van der Waals surface area contributed by atoms with Gasteiger partial charge < -0.3 is 10.1 Å². The molecule has 0 fully saturated rings. The number of carbonyl (C=O) groups is 1. The number of thiol groups is 1. The van der Waals surface area contributed by atoms with Crippen molar-refractivity contribution in [2.24, 2.45) is 0 Å². The summed E-state index contributed by atoms with van der Waals surface area (Å²) in [7, 11) is 1.51. The highest BCUT2D eigenvalue weighted by atomic mass is 35.5. The van der Waals surface area contributed by atoms with Crippen molar-refractivity contribution in [1.82, 2.24) is 5.32 Å². The zero-order valence-corrected chi connectivity index (χ0v) is 12.8. The van der Waals surface area contributed by atoms with Crippen LogP contribution >= 0.6 is 24.2 Å². The van der Waals surface area contributed by atoms with Gasteiger partial charge in [0, 0.05) is 22.0 Å². The summed E-state index contributed by atoms with van der Waals surface area (Å²) >= 11 is 10.2. The average molecular weight is 326 g/mol. The van der Waals surface area contributed by atoms with E-state index in [0.717, 1.165) is 0 Å². The number of hydrogen-bond donors (Lipinski definition) is 2. The van der Waals surface area contributed by atoms with Crippen molar-refractivity contribution in [2.45, 2.75) is 11.4 Å². The van der Waals surface area contributed by atoms with E-state index < -0.39 is 11.7 Å². The molecule has 3 nitrogen and oxygen atoms in total. The lowest BCUT2D eigenvalue weighted by atomic mass is 10.1. The van der Waals surface area contributed by atoms with Crippen molar-refractivity contribution in [2.75, 3.05) is 7.11 Å². The van der Waals surface area contributed by atoms with E-state index in [0.29, 0.717) is 21.2 Å². The SMILES string of the molecule is COc1cccc(Cl)c1CNC(=O)c1cc(S)ccc1F. The molecule has 0 aromatic heterocycles. The Bertz CT molecular complexity index is 679. The fourth-order valence-electron chi connectivity index (χ4n) is 1.85. The number of nitrogens with one attached hydrogen (secondary N) is 1. The van der Waals surface area contributed by atoms with E-state index >= 15 is 0 Å². The molecule has 0 bridgehead atoms. The molecule has 0 spiro atoms. The number of hydrogen-bond acceptors (Lipinski definition) is 3. The summed E-state index contributed by atoms with van der Waals surface area (Å²) in [6, 6.07) is 9.23. The van der Waals surface area contributed by atoms with Crippen molar-refractivity contribution in [3.63, 3.8) is 0 Å². The molecule has 1 amide bonds. The number of ether oxygens (including phenoxy) is 1. The van der Waals surface area contributed by atoms with E-state index in [1.807, 2.05) is 0 Å². The minimum atomic E-state index is -0.601. The lowest BCUT2D eigenvalue weighted by Gasteiger charge is -2.12. The first-order valence-corrected chi connectivity index (χ1v) is 6.93. The highest BCUT2D eigenvalue weighted by Crippen LogP contribution is 2.26. The normalized spacial score (nSPS) is 10.3. The molecule has 110 valence electrons. The molecule has 0 heterocycles. The maximum Gasteiger partial charge on any atom is 0.254 e. The minimum Gasteiger partial charge on any atom is -0.496 e. The summed E-state index contributed by atoms with van der Waals surface area (Å²) in [5.41, 5.74) is 0.575. The molecule has 2 aromatic carbocycles. The summed E-state index contributed by atoms with van der Waals surface area (Å²) in [5.74, 6) is -0.576. The van der Waals surface area contributed by atoms with E-state index in [2.05, 4.69) is 17.9 Å². The Labute approximate surface area is 132 Å². The van der Waals surface area contributed by atoms with E-state index in [1.54, 1.807) is 18.2 Å². The van der Waals surface area contributed by atoms with Gasteiger partial charge in [0.25, 0.3) is 5.91 Å². The van der Waals surface area contributed by atoms with Gasteiger partial charge in [-0.25, -0.2) is 4.39 Å². The van der Waals surface area contributed by atoms with Gasteiger partial charge in [-0.2, -0.15) is 0 Å². The third-order valence-electron chi connectivity index (χ3n) is 2.92.